The Hall–Kier alpha value is -9.13. The number of nitrogens with two attached hydrogens (primary N) is 2. The van der Waals surface area contributed by atoms with E-state index in [0.717, 1.165) is 6.92 Å². The normalized spacial score (nSPS) is 15.2. The molecule has 0 saturated heterocycles. The van der Waals surface area contributed by atoms with Crippen LogP contribution < -0.4 is 59.3 Å². The zero-order chi connectivity index (χ0) is 66.9. The molecule has 3 aromatic carbocycles. The van der Waals surface area contributed by atoms with E-state index >= 15 is 4.79 Å². The summed E-state index contributed by atoms with van der Waals surface area (Å²) in [7, 11) is 0. The number of H-pyrrole nitrogens is 1. The Morgan fingerprint density at radius 1 is 0.544 bits per heavy atom. The largest absolute Gasteiger partial charge is 0.508 e. The van der Waals surface area contributed by atoms with Gasteiger partial charge in [0.2, 0.25) is 59.1 Å². The summed E-state index contributed by atoms with van der Waals surface area (Å²) >= 11 is 1.36. The first-order chi connectivity index (χ1) is 42.6. The predicted octanol–water partition coefficient (Wildman–Crippen LogP) is -2.15. The van der Waals surface area contributed by atoms with Gasteiger partial charge in [-0.05, 0) is 72.1 Å². The number of thioether (sulfide) groups is 1. The summed E-state index contributed by atoms with van der Waals surface area (Å²) < 4.78 is 0. The van der Waals surface area contributed by atoms with Crippen LogP contribution in [0.2, 0.25) is 0 Å². The van der Waals surface area contributed by atoms with Gasteiger partial charge in [-0.1, -0.05) is 94.8 Å². The number of aliphatic hydroxyl groups excluding tert-OH is 2. The lowest BCUT2D eigenvalue weighted by Crippen LogP contribution is -2.63. The zero-order valence-electron chi connectivity index (χ0n) is 50.7. The van der Waals surface area contributed by atoms with Crippen molar-refractivity contribution in [3.63, 3.8) is 0 Å². The van der Waals surface area contributed by atoms with Crippen LogP contribution in [0.3, 0.4) is 0 Å². The molecule has 0 bridgehead atoms. The van der Waals surface area contributed by atoms with E-state index in [1.807, 2.05) is 0 Å². The third-order valence-corrected chi connectivity index (χ3v) is 15.2. The van der Waals surface area contributed by atoms with E-state index in [9.17, 15) is 78.3 Å². The first-order valence-electron chi connectivity index (χ1n) is 28.9. The Labute approximate surface area is 523 Å². The van der Waals surface area contributed by atoms with Crippen LogP contribution in [0.4, 0.5) is 0 Å². The Morgan fingerprint density at radius 2 is 1.00 bits per heavy atom. The maximum absolute atomic E-state index is 15.0. The van der Waals surface area contributed by atoms with Crippen LogP contribution in [-0.4, -0.2) is 187 Å². The van der Waals surface area contributed by atoms with Crippen LogP contribution in [0.15, 0.2) is 85.1 Å². The van der Waals surface area contributed by atoms with E-state index in [1.54, 1.807) is 80.9 Å². The lowest BCUT2D eigenvalue weighted by Gasteiger charge is -2.30. The van der Waals surface area contributed by atoms with Crippen molar-refractivity contribution >= 4 is 93.7 Å². The smallest absolute Gasteiger partial charge is 0.326 e. The average Bonchev–Trinajstić information content (AvgIpc) is 1.87. The van der Waals surface area contributed by atoms with Crippen molar-refractivity contribution in [2.75, 3.05) is 18.6 Å². The van der Waals surface area contributed by atoms with E-state index < -0.39 is 169 Å². The number of nitrogens with one attached hydrogen (secondary N) is 10. The zero-order valence-corrected chi connectivity index (χ0v) is 51.5. The minimum absolute atomic E-state index is 0.0892. The number of hydrogen-bond acceptors (Lipinski definition) is 17. The number of aromatic amines is 1. The molecular weight excluding hydrogens is 1190 g/mol. The molecule has 4 rings (SSSR count). The van der Waals surface area contributed by atoms with E-state index in [1.165, 1.54) is 49.9 Å². The fourth-order valence-electron chi connectivity index (χ4n) is 9.25. The van der Waals surface area contributed by atoms with Gasteiger partial charge < -0.3 is 89.8 Å². The highest BCUT2D eigenvalue weighted by atomic mass is 32.2. The van der Waals surface area contributed by atoms with Crippen LogP contribution in [0.5, 0.6) is 5.75 Å². The molecule has 0 fully saturated rings. The lowest BCUT2D eigenvalue weighted by atomic mass is 9.97. The standard InChI is InChI=1S/C60H82N12O17S/c1-7-31(4)49(71-52(80)40(21-22-90-6)64-51(79)38(61)29-73)58(86)72-50(32(5)74)59(87)69-44(26-46(62)76)56(84)67-43(25-35-28-63-39-16-12-11-15-37(35)39)55(83)66-42(24-34-17-19-36(75)20-18-34)53(81)65-41(23-33-13-9-8-10-14-33)54(82)68-45(27-47(77)78)57(85)70-48(30(2)3)60(88)89/h8-20,28,30-32,38,40-45,48-50,63,73-75H,7,21-27,29,61H2,1-6H3,(H2,62,76)(H,64,79)(H,65,81)(H,66,83)(H,67,84)(H,68,82)(H,69,87)(H,70,85)(H,71,80)(H,72,86)(H,77,78)(H,88,89)/t31-,32+,38-,40-,41-,42-,43-,44-,45-,48-,49-,50-/m0/s1. The third kappa shape index (κ3) is 22.8. The summed E-state index contributed by atoms with van der Waals surface area (Å²) in [4.78, 5) is 167. The molecule has 4 aromatic rings. The number of aliphatic hydroxyl groups is 2. The number of rotatable bonds is 37. The number of carboxylic acid groups (broad SMARTS) is 2. The number of aliphatic carboxylic acids is 2. The molecule has 10 amide bonds. The quantitative estimate of drug-likeness (QED) is 0.0229. The van der Waals surface area contributed by atoms with Gasteiger partial charge in [0, 0.05) is 36.4 Å². The number of benzene rings is 3. The van der Waals surface area contributed by atoms with Gasteiger partial charge in [0.05, 0.1) is 25.6 Å². The molecule has 29 nitrogen and oxygen atoms in total. The molecule has 0 unspecified atom stereocenters. The summed E-state index contributed by atoms with van der Waals surface area (Å²) in [6.07, 6.45) is -0.935. The third-order valence-electron chi connectivity index (χ3n) is 14.6. The van der Waals surface area contributed by atoms with Gasteiger partial charge in [0.25, 0.3) is 0 Å². The molecule has 0 saturated carbocycles. The number of aromatic nitrogens is 1. The fraction of sp³-hybridized carbons (Fsp3) is 0.467. The number of para-hydroxylation sites is 1. The minimum atomic E-state index is -1.93. The molecule has 1 heterocycles. The molecule has 19 N–H and O–H groups in total. The number of aromatic hydroxyl groups is 1. The van der Waals surface area contributed by atoms with E-state index in [4.69, 9.17) is 11.5 Å². The number of fused-ring (bicyclic) bond motifs is 1. The molecule has 0 spiro atoms. The van der Waals surface area contributed by atoms with Crippen LogP contribution in [-0.2, 0) is 76.8 Å². The highest BCUT2D eigenvalue weighted by Crippen LogP contribution is 2.21. The average molecular weight is 1280 g/mol. The maximum atomic E-state index is 15.0. The Bertz CT molecular complexity index is 3150. The number of primary amides is 1. The second-order valence-corrected chi connectivity index (χ2v) is 23.0. The van der Waals surface area contributed by atoms with Crippen molar-refractivity contribution in [3.05, 3.63) is 102 Å². The summed E-state index contributed by atoms with van der Waals surface area (Å²) in [6, 6.07) is 4.39. The van der Waals surface area contributed by atoms with Crippen molar-refractivity contribution in [1.82, 2.24) is 52.8 Å². The number of carbonyl (C=O) groups excluding carboxylic acids is 10. The maximum Gasteiger partial charge on any atom is 0.326 e. The van der Waals surface area contributed by atoms with Crippen molar-refractivity contribution in [2.24, 2.45) is 23.3 Å². The summed E-state index contributed by atoms with van der Waals surface area (Å²) in [5, 5.41) is 72.8. The van der Waals surface area contributed by atoms with E-state index in [2.05, 4.69) is 52.8 Å². The molecule has 30 heteroatoms. The minimum Gasteiger partial charge on any atom is -0.508 e. The van der Waals surface area contributed by atoms with Crippen LogP contribution >= 0.6 is 11.8 Å². The first kappa shape index (κ1) is 73.3. The van der Waals surface area contributed by atoms with Crippen molar-refractivity contribution in [3.8, 4) is 5.75 Å². The molecule has 90 heavy (non-hydrogen) atoms. The molecule has 0 aliphatic heterocycles. The molecule has 0 radical (unpaired) electrons. The second-order valence-electron chi connectivity index (χ2n) is 22.0. The predicted molar refractivity (Wildman–Crippen MR) is 329 cm³/mol. The van der Waals surface area contributed by atoms with Gasteiger partial charge in [-0.25, -0.2) is 4.79 Å². The van der Waals surface area contributed by atoms with Gasteiger partial charge in [-0.3, -0.25) is 52.7 Å². The van der Waals surface area contributed by atoms with E-state index in [0.29, 0.717) is 39.8 Å². The summed E-state index contributed by atoms with van der Waals surface area (Å²) in [6.45, 7) is 6.73. The van der Waals surface area contributed by atoms with Crippen LogP contribution in [0, 0.1) is 11.8 Å². The second kappa shape index (κ2) is 35.8. The summed E-state index contributed by atoms with van der Waals surface area (Å²) in [5.41, 5.74) is 13.1. The first-order valence-corrected chi connectivity index (χ1v) is 30.3. The molecule has 490 valence electrons. The van der Waals surface area contributed by atoms with Crippen molar-refractivity contribution in [1.29, 1.82) is 0 Å². The Balaban J connectivity index is 1.72. The lowest BCUT2D eigenvalue weighted by molar-refractivity contribution is -0.144. The molecular formula is C60H82N12O17S. The van der Waals surface area contributed by atoms with Gasteiger partial charge in [-0.15, -0.1) is 0 Å². The highest BCUT2D eigenvalue weighted by molar-refractivity contribution is 7.98. The number of hydrogen-bond donors (Lipinski definition) is 17. The van der Waals surface area contributed by atoms with Crippen molar-refractivity contribution < 1.29 is 83.1 Å². The number of phenols is 1. The SMILES string of the molecule is CC[C@H](C)[C@H](NC(=O)[C@H](CCSC)NC(=O)[C@@H](N)CO)C(=O)N[C@H](C(=O)N[C@@H](CC(N)=O)C(=O)N[C@@H](Cc1c[nH]c2ccccc12)C(=O)N[C@@H](Cc1ccc(O)cc1)C(=O)N[C@@H](Cc1ccccc1)C(=O)N[C@@H](CC(=O)O)C(=O)N[C@H](C(=O)O)C(C)C)[C@@H](C)O. The highest BCUT2D eigenvalue weighted by Gasteiger charge is 2.39. The van der Waals surface area contributed by atoms with Crippen molar-refractivity contribution in [2.45, 2.75) is 146 Å². The van der Waals surface area contributed by atoms with Gasteiger partial charge >= 0.3 is 11.9 Å². The Morgan fingerprint density at radius 3 is 1.52 bits per heavy atom. The Kier molecular flexibility index (Phi) is 29.1. The molecule has 1 aromatic heterocycles. The number of carboxylic acids is 2. The molecule has 12 atom stereocenters. The van der Waals surface area contributed by atoms with Crippen LogP contribution in [0.1, 0.15) is 77.0 Å². The molecule has 0 aliphatic rings. The molecule has 0 aliphatic carbocycles. The number of carbonyl (C=O) groups is 12. The number of phenolic OH excluding ortho intramolecular Hbond substituents is 1. The van der Waals surface area contributed by atoms with Gasteiger partial charge in [0.15, 0.2) is 0 Å². The fourth-order valence-corrected chi connectivity index (χ4v) is 9.72. The van der Waals surface area contributed by atoms with Crippen LogP contribution in [0.25, 0.3) is 10.9 Å². The number of amides is 10. The van der Waals surface area contributed by atoms with Gasteiger partial charge in [-0.2, -0.15) is 11.8 Å². The topological polar surface area (TPSA) is 482 Å². The van der Waals surface area contributed by atoms with E-state index in [-0.39, 0.29) is 31.4 Å². The summed E-state index contributed by atoms with van der Waals surface area (Å²) in [5.74, 6) is -14.6. The monoisotopic (exact) mass is 1270 g/mol. The van der Waals surface area contributed by atoms with Gasteiger partial charge in [0.1, 0.15) is 66.2 Å².